The predicted octanol–water partition coefficient (Wildman–Crippen LogP) is 23.6. The minimum atomic E-state index is -0.664. The number of aliphatic hydroxyl groups excluding tert-OH is 2. The summed E-state index contributed by atoms with van der Waals surface area (Å²) in [6.45, 7) is 4.96. The molecule has 2 atom stereocenters. The molecule has 0 aliphatic carbocycles. The Morgan fingerprint density at radius 2 is 0.617 bits per heavy atom. The number of ether oxygens (including phenoxy) is 1. The first-order valence-corrected chi connectivity index (χ1v) is 36.4. The maximum atomic E-state index is 12.5. The average molecular weight is 1140 g/mol. The lowest BCUT2D eigenvalue weighted by atomic mass is 10.0. The topological polar surface area (TPSA) is 95.9 Å². The molecule has 0 aromatic carbocycles. The molecule has 3 N–H and O–H groups in total. The molecule has 1 amide bonds. The van der Waals surface area contributed by atoms with Gasteiger partial charge >= 0.3 is 5.97 Å². The Balaban J connectivity index is 3.39. The van der Waals surface area contributed by atoms with Gasteiger partial charge in [-0.2, -0.15) is 0 Å². The van der Waals surface area contributed by atoms with E-state index in [0.717, 1.165) is 57.8 Å². The Labute approximate surface area is 506 Å². The summed E-state index contributed by atoms with van der Waals surface area (Å²) in [6, 6.07) is -0.541. The van der Waals surface area contributed by atoms with Crippen molar-refractivity contribution in [3.05, 3.63) is 48.6 Å². The lowest BCUT2D eigenvalue weighted by molar-refractivity contribution is -0.143. The molecule has 476 valence electrons. The number of allylic oxidation sites excluding steroid dienone is 8. The highest BCUT2D eigenvalue weighted by Gasteiger charge is 2.20. The highest BCUT2D eigenvalue weighted by atomic mass is 16.5. The fourth-order valence-corrected chi connectivity index (χ4v) is 11.3. The van der Waals surface area contributed by atoms with E-state index in [9.17, 15) is 19.8 Å². The van der Waals surface area contributed by atoms with Crippen molar-refractivity contribution in [1.82, 2.24) is 5.32 Å². The summed E-state index contributed by atoms with van der Waals surface area (Å²) in [5.74, 6) is -0.0261. The number of hydrogen-bond donors (Lipinski definition) is 3. The summed E-state index contributed by atoms with van der Waals surface area (Å²) >= 11 is 0. The second kappa shape index (κ2) is 70.3. The molecule has 0 rings (SSSR count). The second-order valence-electron chi connectivity index (χ2n) is 24.9. The molecule has 6 heteroatoms. The van der Waals surface area contributed by atoms with Crippen molar-refractivity contribution in [3.8, 4) is 0 Å². The maximum absolute atomic E-state index is 12.5. The zero-order valence-electron chi connectivity index (χ0n) is 54.5. The van der Waals surface area contributed by atoms with E-state index in [1.54, 1.807) is 0 Å². The van der Waals surface area contributed by atoms with Gasteiger partial charge in [-0.1, -0.05) is 339 Å². The lowest BCUT2D eigenvalue weighted by Gasteiger charge is -2.22. The molecule has 2 unspecified atom stereocenters. The molecule has 0 fully saturated rings. The first-order valence-electron chi connectivity index (χ1n) is 36.4. The predicted molar refractivity (Wildman–Crippen MR) is 356 cm³/mol. The summed E-state index contributed by atoms with van der Waals surface area (Å²) in [4.78, 5) is 24.6. The molecule has 0 heterocycles. The summed E-state index contributed by atoms with van der Waals surface area (Å²) in [5.41, 5.74) is 0. The quantitative estimate of drug-likeness (QED) is 0.0320. The van der Waals surface area contributed by atoms with Crippen molar-refractivity contribution >= 4 is 11.9 Å². The average Bonchev–Trinajstić information content (AvgIpc) is 3.47. The molecule has 6 nitrogen and oxygen atoms in total. The number of carbonyl (C=O) groups is 2. The van der Waals surface area contributed by atoms with Crippen LogP contribution < -0.4 is 5.32 Å². The summed E-state index contributed by atoms with van der Waals surface area (Å²) in [5, 5.41) is 23.3. The molecule has 0 aromatic rings. The SMILES string of the molecule is CCCCCC/C=C\C/C=C\CCCCCCCCCC(=O)OCCCCCCCCCCC/C=C\C/C=C\CCCCCCCCCCCCCCCCCC(=O)NC(CO)C(O)CCCCCCCCCCCCCCCCC. The summed E-state index contributed by atoms with van der Waals surface area (Å²) in [6.07, 6.45) is 91.7. The van der Waals surface area contributed by atoms with Crippen molar-refractivity contribution in [2.24, 2.45) is 0 Å². The fraction of sp³-hybridized carbons (Fsp3) is 0.867. The van der Waals surface area contributed by atoms with Gasteiger partial charge in [0.1, 0.15) is 0 Å². The fourth-order valence-electron chi connectivity index (χ4n) is 11.3. The van der Waals surface area contributed by atoms with Gasteiger partial charge in [-0.25, -0.2) is 0 Å². The van der Waals surface area contributed by atoms with E-state index in [-0.39, 0.29) is 18.5 Å². The van der Waals surface area contributed by atoms with Crippen molar-refractivity contribution < 1.29 is 24.5 Å². The number of nitrogens with one attached hydrogen (secondary N) is 1. The molecule has 0 bridgehead atoms. The van der Waals surface area contributed by atoms with Gasteiger partial charge in [-0.05, 0) is 89.9 Å². The van der Waals surface area contributed by atoms with Crippen molar-refractivity contribution in [1.29, 1.82) is 0 Å². The van der Waals surface area contributed by atoms with Crippen LogP contribution in [0.3, 0.4) is 0 Å². The Kier molecular flexibility index (Phi) is 68.4. The van der Waals surface area contributed by atoms with Gasteiger partial charge < -0.3 is 20.3 Å². The van der Waals surface area contributed by atoms with E-state index in [0.29, 0.717) is 25.9 Å². The molecule has 81 heavy (non-hydrogen) atoms. The highest BCUT2D eigenvalue weighted by Crippen LogP contribution is 2.18. The van der Waals surface area contributed by atoms with Gasteiger partial charge in [0.15, 0.2) is 0 Å². The zero-order chi connectivity index (χ0) is 58.5. The third-order valence-electron chi connectivity index (χ3n) is 16.9. The molecular weight excluding hydrogens is 995 g/mol. The number of hydrogen-bond acceptors (Lipinski definition) is 5. The number of esters is 1. The molecule has 0 spiro atoms. The van der Waals surface area contributed by atoms with Gasteiger partial charge in [0.25, 0.3) is 0 Å². The van der Waals surface area contributed by atoms with Gasteiger partial charge in [0, 0.05) is 12.8 Å². The van der Waals surface area contributed by atoms with Crippen LogP contribution in [0.5, 0.6) is 0 Å². The molecular formula is C75H141NO5. The molecule has 0 radical (unpaired) electrons. The van der Waals surface area contributed by atoms with E-state index in [4.69, 9.17) is 4.74 Å². The molecule has 0 saturated heterocycles. The van der Waals surface area contributed by atoms with Crippen LogP contribution in [0, 0.1) is 0 Å². The van der Waals surface area contributed by atoms with Gasteiger partial charge in [0.05, 0.1) is 25.4 Å². The van der Waals surface area contributed by atoms with Gasteiger partial charge in [-0.3, -0.25) is 9.59 Å². The number of rotatable bonds is 68. The monoisotopic (exact) mass is 1140 g/mol. The largest absolute Gasteiger partial charge is 0.466 e. The number of unbranched alkanes of at least 4 members (excludes halogenated alkanes) is 49. The van der Waals surface area contributed by atoms with Crippen LogP contribution in [0.4, 0.5) is 0 Å². The third-order valence-corrected chi connectivity index (χ3v) is 16.9. The Morgan fingerprint density at radius 1 is 0.346 bits per heavy atom. The molecule has 0 aliphatic rings. The highest BCUT2D eigenvalue weighted by molar-refractivity contribution is 5.76. The van der Waals surface area contributed by atoms with Gasteiger partial charge in [0.2, 0.25) is 5.91 Å². The Bertz CT molecular complexity index is 1360. The van der Waals surface area contributed by atoms with Crippen molar-refractivity contribution in [2.45, 2.75) is 405 Å². The smallest absolute Gasteiger partial charge is 0.305 e. The van der Waals surface area contributed by atoms with Crippen molar-refractivity contribution in [3.63, 3.8) is 0 Å². The minimum absolute atomic E-state index is 0.00606. The molecule has 0 aliphatic heterocycles. The van der Waals surface area contributed by atoms with Crippen LogP contribution in [0.15, 0.2) is 48.6 Å². The number of carbonyl (C=O) groups excluding carboxylic acids is 2. The van der Waals surface area contributed by atoms with Crippen LogP contribution in [-0.4, -0.2) is 47.4 Å². The number of aliphatic hydroxyl groups is 2. The van der Waals surface area contributed by atoms with E-state index >= 15 is 0 Å². The van der Waals surface area contributed by atoms with Crippen LogP contribution in [-0.2, 0) is 14.3 Å². The van der Waals surface area contributed by atoms with E-state index in [1.165, 1.54) is 302 Å². The standard InChI is InChI=1S/C75H141NO5/c1-3-5-7-9-11-13-15-17-19-20-37-41-45-49-53-57-61-65-69-75(80)81-70-66-62-58-54-50-46-42-38-35-33-31-29-27-25-23-21-22-24-26-28-30-32-34-36-40-44-48-52-56-60-64-68-74(79)76-72(71-77)73(78)67-63-59-55-51-47-43-39-18-16-14-12-10-8-6-4-2/h13,15,19-20,23,25,29,31,72-73,77-78H,3-12,14,16-18,21-22,24,26-28,30,32-71H2,1-2H3,(H,76,79)/b15-13-,20-19-,25-23-,31-29-. The van der Waals surface area contributed by atoms with Crippen LogP contribution in [0.2, 0.25) is 0 Å². The molecule has 0 aromatic heterocycles. The first-order chi connectivity index (χ1) is 40.0. The van der Waals surface area contributed by atoms with E-state index in [2.05, 4.69) is 67.8 Å². The lowest BCUT2D eigenvalue weighted by Crippen LogP contribution is -2.45. The number of amides is 1. The molecule has 0 saturated carbocycles. The normalized spacial score (nSPS) is 12.8. The third kappa shape index (κ3) is 66.8. The Morgan fingerprint density at radius 3 is 0.951 bits per heavy atom. The summed E-state index contributed by atoms with van der Waals surface area (Å²) in [7, 11) is 0. The first kappa shape index (κ1) is 78.8. The van der Waals surface area contributed by atoms with Gasteiger partial charge in [-0.15, -0.1) is 0 Å². The Hall–Kier alpha value is -2.18. The maximum Gasteiger partial charge on any atom is 0.305 e. The summed E-state index contributed by atoms with van der Waals surface area (Å²) < 4.78 is 5.50. The minimum Gasteiger partial charge on any atom is -0.466 e. The zero-order valence-corrected chi connectivity index (χ0v) is 54.5. The second-order valence-corrected chi connectivity index (χ2v) is 24.9. The van der Waals surface area contributed by atoms with E-state index < -0.39 is 12.1 Å². The van der Waals surface area contributed by atoms with Crippen LogP contribution >= 0.6 is 0 Å². The van der Waals surface area contributed by atoms with E-state index in [1.807, 2.05) is 0 Å². The van der Waals surface area contributed by atoms with Crippen molar-refractivity contribution in [2.75, 3.05) is 13.2 Å². The van der Waals surface area contributed by atoms with Crippen LogP contribution in [0.25, 0.3) is 0 Å². The van der Waals surface area contributed by atoms with Crippen LogP contribution in [0.1, 0.15) is 393 Å².